The predicted octanol–water partition coefficient (Wildman–Crippen LogP) is 2.52. The van der Waals surface area contributed by atoms with Gasteiger partial charge in [-0.25, -0.2) is 9.97 Å². The molecule has 2 aliphatic rings. The minimum absolute atomic E-state index is 0.119. The highest BCUT2D eigenvalue weighted by molar-refractivity contribution is 8.00. The molecule has 0 unspecified atom stereocenters. The largest absolute Gasteiger partial charge is 0.460 e. The summed E-state index contributed by atoms with van der Waals surface area (Å²) in [5.74, 6) is 0.921. The van der Waals surface area contributed by atoms with Gasteiger partial charge < -0.3 is 9.64 Å². The Morgan fingerprint density at radius 2 is 1.86 bits per heavy atom. The molecule has 1 aromatic heterocycles. The topological polar surface area (TPSA) is 55.3 Å². The van der Waals surface area contributed by atoms with Gasteiger partial charge in [0.05, 0.1) is 5.75 Å². The van der Waals surface area contributed by atoms with E-state index in [0.29, 0.717) is 17.0 Å². The number of amides is 1. The number of rotatable bonds is 5. The van der Waals surface area contributed by atoms with E-state index in [4.69, 9.17) is 4.74 Å². The summed E-state index contributed by atoms with van der Waals surface area (Å²) >= 11 is 1.85. The van der Waals surface area contributed by atoms with Gasteiger partial charge in [0.1, 0.15) is 6.10 Å². The molecule has 2 heterocycles. The van der Waals surface area contributed by atoms with E-state index in [2.05, 4.69) is 9.97 Å². The first-order chi connectivity index (χ1) is 10.8. The Kier molecular flexibility index (Phi) is 5.53. The first kappa shape index (κ1) is 15.6. The van der Waals surface area contributed by atoms with Gasteiger partial charge in [-0.1, -0.05) is 12.8 Å². The van der Waals surface area contributed by atoms with Crippen molar-refractivity contribution >= 4 is 17.7 Å². The van der Waals surface area contributed by atoms with E-state index in [1.807, 2.05) is 16.7 Å². The van der Waals surface area contributed by atoms with Crippen molar-refractivity contribution in [3.05, 3.63) is 18.5 Å². The first-order valence-electron chi connectivity index (χ1n) is 8.14. The Hall–Kier alpha value is -1.30. The van der Waals surface area contributed by atoms with Crippen molar-refractivity contribution < 1.29 is 9.53 Å². The summed E-state index contributed by atoms with van der Waals surface area (Å²) in [5, 5.41) is 0.708. The highest BCUT2D eigenvalue weighted by Crippen LogP contribution is 2.29. The number of piperidine rings is 1. The first-order valence-corrected chi connectivity index (χ1v) is 9.19. The molecule has 0 N–H and O–H groups in total. The summed E-state index contributed by atoms with van der Waals surface area (Å²) in [6, 6.07) is 2.21. The van der Waals surface area contributed by atoms with Crippen LogP contribution in [0.2, 0.25) is 0 Å². The molecule has 1 saturated carbocycles. The molecule has 1 saturated heterocycles. The Labute approximate surface area is 135 Å². The molecule has 1 aromatic rings. The maximum atomic E-state index is 12.3. The normalized spacial score (nSPS) is 20.3. The molecule has 120 valence electrons. The third-order valence-corrected chi connectivity index (χ3v) is 5.71. The number of carbonyl (C=O) groups is 1. The van der Waals surface area contributed by atoms with Crippen LogP contribution in [0.15, 0.2) is 18.5 Å². The van der Waals surface area contributed by atoms with Gasteiger partial charge in [-0.3, -0.25) is 4.79 Å². The van der Waals surface area contributed by atoms with Crippen LogP contribution in [-0.4, -0.2) is 51.0 Å². The Morgan fingerprint density at radius 1 is 1.18 bits per heavy atom. The summed E-state index contributed by atoms with van der Waals surface area (Å²) in [6.07, 6.45) is 10.4. The van der Waals surface area contributed by atoms with Crippen LogP contribution in [0.3, 0.4) is 0 Å². The van der Waals surface area contributed by atoms with Crippen LogP contribution in [0.1, 0.15) is 38.5 Å². The number of likely N-dealkylation sites (tertiary alicyclic amines) is 1. The molecule has 3 rings (SSSR count). The second kappa shape index (κ2) is 7.81. The van der Waals surface area contributed by atoms with Crippen molar-refractivity contribution in [2.75, 3.05) is 18.8 Å². The van der Waals surface area contributed by atoms with Crippen LogP contribution in [0, 0.1) is 0 Å². The highest BCUT2D eigenvalue weighted by Gasteiger charge is 2.25. The highest BCUT2D eigenvalue weighted by atomic mass is 32.2. The van der Waals surface area contributed by atoms with Crippen LogP contribution in [-0.2, 0) is 4.79 Å². The third kappa shape index (κ3) is 4.35. The van der Waals surface area contributed by atoms with E-state index in [-0.39, 0.29) is 12.0 Å². The quantitative estimate of drug-likeness (QED) is 0.834. The number of ether oxygens (including phenoxy) is 1. The number of thioether (sulfide) groups is 1. The van der Waals surface area contributed by atoms with Gasteiger partial charge in [0.2, 0.25) is 5.91 Å². The molecule has 1 aliphatic heterocycles. The number of nitrogens with zero attached hydrogens (tertiary/aromatic N) is 3. The molecular weight excluding hydrogens is 298 g/mol. The smallest absolute Gasteiger partial charge is 0.316 e. The fourth-order valence-electron chi connectivity index (χ4n) is 3.05. The molecule has 0 bridgehead atoms. The molecule has 1 aliphatic carbocycles. The summed E-state index contributed by atoms with van der Waals surface area (Å²) in [6.45, 7) is 1.56. The zero-order valence-corrected chi connectivity index (χ0v) is 13.6. The number of carbonyl (C=O) groups excluding carboxylic acids is 1. The van der Waals surface area contributed by atoms with E-state index in [1.165, 1.54) is 25.7 Å². The minimum Gasteiger partial charge on any atom is -0.460 e. The predicted molar refractivity (Wildman–Crippen MR) is 87.0 cm³/mol. The monoisotopic (exact) mass is 321 g/mol. The van der Waals surface area contributed by atoms with Crippen LogP contribution in [0.25, 0.3) is 0 Å². The fraction of sp³-hybridized carbons (Fsp3) is 0.688. The van der Waals surface area contributed by atoms with Gasteiger partial charge in [0, 0.05) is 43.6 Å². The zero-order valence-electron chi connectivity index (χ0n) is 12.8. The van der Waals surface area contributed by atoms with Crippen molar-refractivity contribution in [1.82, 2.24) is 14.9 Å². The third-order valence-electron chi connectivity index (χ3n) is 4.35. The average molecular weight is 321 g/mol. The minimum atomic E-state index is 0.119. The molecule has 0 radical (unpaired) electrons. The maximum absolute atomic E-state index is 12.3. The van der Waals surface area contributed by atoms with Crippen LogP contribution in [0.4, 0.5) is 0 Å². The molecule has 0 aromatic carbocycles. The van der Waals surface area contributed by atoms with Crippen molar-refractivity contribution in [3.8, 4) is 6.01 Å². The molecular formula is C16H23N3O2S. The zero-order chi connectivity index (χ0) is 15.2. The molecule has 2 fully saturated rings. The lowest BCUT2D eigenvalue weighted by Crippen LogP contribution is -2.42. The van der Waals surface area contributed by atoms with Crippen LogP contribution in [0.5, 0.6) is 6.01 Å². The Bertz CT molecular complexity index is 472. The SMILES string of the molecule is O=C(CSC1CCCC1)N1CCC(Oc2ncccn2)CC1. The molecule has 22 heavy (non-hydrogen) atoms. The number of hydrogen-bond donors (Lipinski definition) is 0. The maximum Gasteiger partial charge on any atom is 0.316 e. The summed E-state index contributed by atoms with van der Waals surface area (Å²) in [4.78, 5) is 22.4. The lowest BCUT2D eigenvalue weighted by Gasteiger charge is -2.31. The van der Waals surface area contributed by atoms with Crippen molar-refractivity contribution in [2.45, 2.75) is 49.9 Å². The van der Waals surface area contributed by atoms with Gasteiger partial charge >= 0.3 is 6.01 Å². The average Bonchev–Trinajstić information content (AvgIpc) is 3.08. The van der Waals surface area contributed by atoms with Gasteiger partial charge in [0.25, 0.3) is 0 Å². The van der Waals surface area contributed by atoms with Crippen LogP contribution < -0.4 is 4.74 Å². The van der Waals surface area contributed by atoms with Crippen molar-refractivity contribution in [1.29, 1.82) is 0 Å². The lowest BCUT2D eigenvalue weighted by atomic mass is 10.1. The molecule has 0 atom stereocenters. The van der Waals surface area contributed by atoms with Crippen molar-refractivity contribution in [3.63, 3.8) is 0 Å². The molecule has 1 amide bonds. The summed E-state index contributed by atoms with van der Waals surface area (Å²) < 4.78 is 5.76. The van der Waals surface area contributed by atoms with Crippen molar-refractivity contribution in [2.24, 2.45) is 0 Å². The van der Waals surface area contributed by atoms with Gasteiger partial charge in [-0.15, -0.1) is 11.8 Å². The fourth-order valence-corrected chi connectivity index (χ4v) is 4.28. The second-order valence-electron chi connectivity index (χ2n) is 5.95. The standard InChI is InChI=1S/C16H23N3O2S/c20-15(12-22-14-4-1-2-5-14)19-10-6-13(7-11-19)21-16-17-8-3-9-18-16/h3,8-9,13-14H,1-2,4-7,10-12H2. The van der Waals surface area contributed by atoms with E-state index >= 15 is 0 Å². The van der Waals surface area contributed by atoms with E-state index in [1.54, 1.807) is 18.5 Å². The number of hydrogen-bond acceptors (Lipinski definition) is 5. The molecule has 5 nitrogen and oxygen atoms in total. The van der Waals surface area contributed by atoms with E-state index < -0.39 is 0 Å². The molecule has 6 heteroatoms. The number of aromatic nitrogens is 2. The lowest BCUT2D eigenvalue weighted by molar-refractivity contribution is -0.130. The van der Waals surface area contributed by atoms with Gasteiger partial charge in [-0.2, -0.15) is 0 Å². The van der Waals surface area contributed by atoms with Gasteiger partial charge in [0.15, 0.2) is 0 Å². The Balaban J connectivity index is 1.38. The second-order valence-corrected chi connectivity index (χ2v) is 7.24. The Morgan fingerprint density at radius 3 is 2.55 bits per heavy atom. The van der Waals surface area contributed by atoms with Crippen LogP contribution >= 0.6 is 11.8 Å². The molecule has 0 spiro atoms. The van der Waals surface area contributed by atoms with E-state index in [0.717, 1.165) is 25.9 Å². The van der Waals surface area contributed by atoms with Gasteiger partial charge in [-0.05, 0) is 18.9 Å². The van der Waals surface area contributed by atoms with E-state index in [9.17, 15) is 4.79 Å². The summed E-state index contributed by atoms with van der Waals surface area (Å²) in [7, 11) is 0. The summed E-state index contributed by atoms with van der Waals surface area (Å²) in [5.41, 5.74) is 0.